The fourth-order valence-electron chi connectivity index (χ4n) is 5.13. The summed E-state index contributed by atoms with van der Waals surface area (Å²) in [5.74, 6) is 7.25. The minimum absolute atomic E-state index is 0.249. The SMILES string of the molecule is CCN1CCC(C#Cc2ccc(-c3nc4nc(OC5COC6C(O)COC56)[nH]c4cc3Cl)cc2)CC1. The first kappa shape index (κ1) is 23.7. The second-order valence-corrected chi connectivity index (χ2v) is 10.0. The van der Waals surface area contributed by atoms with Crippen molar-refractivity contribution in [3.05, 3.63) is 40.9 Å². The maximum absolute atomic E-state index is 9.93. The number of aliphatic hydroxyl groups is 1. The normalized spacial score (nSPS) is 26.6. The van der Waals surface area contributed by atoms with Crippen molar-refractivity contribution in [2.45, 2.75) is 44.2 Å². The number of hydrogen-bond donors (Lipinski definition) is 2. The van der Waals surface area contributed by atoms with Crippen molar-refractivity contribution in [3.63, 3.8) is 0 Å². The Balaban J connectivity index is 1.16. The molecule has 1 aromatic carbocycles. The second-order valence-electron chi connectivity index (χ2n) is 9.61. The van der Waals surface area contributed by atoms with Crippen LogP contribution in [0.4, 0.5) is 0 Å². The third-order valence-corrected chi connectivity index (χ3v) is 7.55. The van der Waals surface area contributed by atoms with Gasteiger partial charge in [-0.15, -0.1) is 0 Å². The van der Waals surface area contributed by atoms with E-state index in [0.717, 1.165) is 43.6 Å². The molecule has 4 atom stereocenters. The Bertz CT molecular complexity index is 1290. The number of piperidine rings is 1. The van der Waals surface area contributed by atoms with Crippen molar-refractivity contribution < 1.29 is 19.3 Å². The third kappa shape index (κ3) is 4.70. The molecule has 3 aliphatic heterocycles. The quantitative estimate of drug-likeness (QED) is 0.522. The van der Waals surface area contributed by atoms with Crippen LogP contribution in [-0.4, -0.2) is 82.2 Å². The molecule has 3 fully saturated rings. The van der Waals surface area contributed by atoms with Gasteiger partial charge in [-0.1, -0.05) is 42.5 Å². The average molecular weight is 509 g/mol. The summed E-state index contributed by atoms with van der Waals surface area (Å²) in [6.45, 7) is 6.17. The summed E-state index contributed by atoms with van der Waals surface area (Å²) >= 11 is 6.58. The van der Waals surface area contributed by atoms with Crippen LogP contribution < -0.4 is 4.74 Å². The first-order chi connectivity index (χ1) is 17.6. The highest BCUT2D eigenvalue weighted by Gasteiger charge is 2.48. The number of rotatable bonds is 4. The van der Waals surface area contributed by atoms with E-state index in [2.05, 4.69) is 38.6 Å². The standard InChI is InChI=1S/C27H29ClN4O4/c1-2-32-11-9-17(10-12-32)4-3-16-5-7-18(8-6-16)23-19(28)13-20-26(30-23)31-27(29-20)36-22-15-35-24-21(33)14-34-25(22)24/h5-8,13,17,21-22,24-25,33H,2,9-12,14-15H2,1H3,(H,29,30,31). The Morgan fingerprint density at radius 2 is 1.92 bits per heavy atom. The summed E-state index contributed by atoms with van der Waals surface area (Å²) in [5.41, 5.74) is 3.73. The van der Waals surface area contributed by atoms with E-state index in [9.17, 15) is 5.11 Å². The van der Waals surface area contributed by atoms with Crippen LogP contribution >= 0.6 is 11.6 Å². The van der Waals surface area contributed by atoms with Gasteiger partial charge in [-0.25, -0.2) is 4.98 Å². The van der Waals surface area contributed by atoms with Crippen LogP contribution in [0.25, 0.3) is 22.4 Å². The van der Waals surface area contributed by atoms with Crippen molar-refractivity contribution in [1.82, 2.24) is 19.9 Å². The Morgan fingerprint density at radius 1 is 1.14 bits per heavy atom. The van der Waals surface area contributed by atoms with Gasteiger partial charge in [0.1, 0.15) is 18.3 Å². The summed E-state index contributed by atoms with van der Waals surface area (Å²) in [5, 5.41) is 10.4. The van der Waals surface area contributed by atoms with Crippen molar-refractivity contribution >= 4 is 22.8 Å². The molecular formula is C27H29ClN4O4. The molecule has 5 heterocycles. The number of aliphatic hydroxyl groups excluding tert-OH is 1. The first-order valence-electron chi connectivity index (χ1n) is 12.6. The summed E-state index contributed by atoms with van der Waals surface area (Å²) in [6, 6.07) is 10.1. The van der Waals surface area contributed by atoms with E-state index in [-0.39, 0.29) is 24.9 Å². The average Bonchev–Trinajstić information content (AvgIpc) is 3.59. The van der Waals surface area contributed by atoms with Crippen molar-refractivity contribution in [1.29, 1.82) is 0 Å². The number of fused-ring (bicyclic) bond motifs is 2. The summed E-state index contributed by atoms with van der Waals surface area (Å²) in [6.07, 6.45) is 0.621. The van der Waals surface area contributed by atoms with Crippen LogP contribution in [0.5, 0.6) is 6.01 Å². The van der Waals surface area contributed by atoms with E-state index < -0.39 is 6.10 Å². The van der Waals surface area contributed by atoms with Gasteiger partial charge < -0.3 is 29.2 Å². The lowest BCUT2D eigenvalue weighted by atomic mass is 9.97. The van der Waals surface area contributed by atoms with Crippen LogP contribution in [0, 0.1) is 17.8 Å². The number of benzene rings is 1. The van der Waals surface area contributed by atoms with Gasteiger partial charge in [0.15, 0.2) is 11.8 Å². The zero-order valence-corrected chi connectivity index (χ0v) is 20.9. The minimum atomic E-state index is -0.626. The van der Waals surface area contributed by atoms with E-state index in [1.165, 1.54) is 0 Å². The molecule has 3 aliphatic rings. The zero-order valence-electron chi connectivity index (χ0n) is 20.1. The molecule has 6 rings (SSSR count). The maximum atomic E-state index is 9.93. The highest BCUT2D eigenvalue weighted by molar-refractivity contribution is 6.33. The first-order valence-corrected chi connectivity index (χ1v) is 12.9. The van der Waals surface area contributed by atoms with Crippen LogP contribution in [0.2, 0.25) is 5.02 Å². The second kappa shape index (κ2) is 10.0. The van der Waals surface area contributed by atoms with Gasteiger partial charge in [-0.2, -0.15) is 4.98 Å². The number of aromatic nitrogens is 3. The van der Waals surface area contributed by atoms with E-state index in [1.54, 1.807) is 6.07 Å². The molecule has 36 heavy (non-hydrogen) atoms. The molecule has 0 saturated carbocycles. The maximum Gasteiger partial charge on any atom is 0.296 e. The largest absolute Gasteiger partial charge is 0.456 e. The number of ether oxygens (including phenoxy) is 3. The fraction of sp³-hybridized carbons (Fsp3) is 0.481. The summed E-state index contributed by atoms with van der Waals surface area (Å²) in [4.78, 5) is 14.8. The van der Waals surface area contributed by atoms with Gasteiger partial charge in [-0.05, 0) is 50.7 Å². The lowest BCUT2D eigenvalue weighted by Gasteiger charge is -2.28. The minimum Gasteiger partial charge on any atom is -0.456 e. The van der Waals surface area contributed by atoms with Crippen LogP contribution in [0.1, 0.15) is 25.3 Å². The summed E-state index contributed by atoms with van der Waals surface area (Å²) in [7, 11) is 0. The number of hydrogen-bond acceptors (Lipinski definition) is 7. The number of pyridine rings is 1. The number of H-pyrrole nitrogens is 1. The molecular weight excluding hydrogens is 480 g/mol. The molecule has 0 radical (unpaired) electrons. The lowest BCUT2D eigenvalue weighted by Crippen LogP contribution is -2.34. The molecule has 3 saturated heterocycles. The number of aromatic amines is 1. The fourth-order valence-corrected chi connectivity index (χ4v) is 5.39. The number of imidazole rings is 1. The van der Waals surface area contributed by atoms with Crippen LogP contribution in [0.3, 0.4) is 0 Å². The number of nitrogens with zero attached hydrogens (tertiary/aromatic N) is 3. The van der Waals surface area contributed by atoms with E-state index >= 15 is 0 Å². The lowest BCUT2D eigenvalue weighted by molar-refractivity contribution is 0.00706. The van der Waals surface area contributed by atoms with Crippen molar-refractivity contribution in [2.24, 2.45) is 5.92 Å². The van der Waals surface area contributed by atoms with Crippen LogP contribution in [0.15, 0.2) is 30.3 Å². The molecule has 0 bridgehead atoms. The van der Waals surface area contributed by atoms with Crippen LogP contribution in [-0.2, 0) is 9.47 Å². The molecule has 4 unspecified atom stereocenters. The topological polar surface area (TPSA) is 92.7 Å². The van der Waals surface area contributed by atoms with Crippen molar-refractivity contribution in [3.8, 4) is 29.1 Å². The van der Waals surface area contributed by atoms with Crippen molar-refractivity contribution in [2.75, 3.05) is 32.8 Å². The predicted molar refractivity (Wildman–Crippen MR) is 136 cm³/mol. The summed E-state index contributed by atoms with van der Waals surface area (Å²) < 4.78 is 17.2. The number of halogens is 1. The third-order valence-electron chi connectivity index (χ3n) is 7.26. The molecule has 3 aromatic rings. The smallest absolute Gasteiger partial charge is 0.296 e. The predicted octanol–water partition coefficient (Wildman–Crippen LogP) is 3.27. The molecule has 0 spiro atoms. The highest BCUT2D eigenvalue weighted by atomic mass is 35.5. The van der Waals surface area contributed by atoms with Gasteiger partial charge in [0.05, 0.1) is 29.4 Å². The molecule has 0 amide bonds. The number of likely N-dealkylation sites (tertiary alicyclic amines) is 1. The Labute approximate surface area is 214 Å². The molecule has 8 nitrogen and oxygen atoms in total. The molecule has 2 N–H and O–H groups in total. The Hall–Kier alpha value is -2.67. The Morgan fingerprint density at radius 3 is 2.69 bits per heavy atom. The monoisotopic (exact) mass is 508 g/mol. The van der Waals surface area contributed by atoms with E-state index in [0.29, 0.717) is 40.4 Å². The van der Waals surface area contributed by atoms with Gasteiger partial charge >= 0.3 is 0 Å². The Kier molecular flexibility index (Phi) is 6.59. The van der Waals surface area contributed by atoms with Gasteiger partial charge in [-0.3, -0.25) is 0 Å². The zero-order chi connectivity index (χ0) is 24.6. The van der Waals surface area contributed by atoms with Gasteiger partial charge in [0.25, 0.3) is 6.01 Å². The molecule has 9 heteroatoms. The van der Waals surface area contributed by atoms with E-state index in [1.807, 2.05) is 24.3 Å². The molecule has 188 valence electrons. The highest BCUT2D eigenvalue weighted by Crippen LogP contribution is 2.32. The van der Waals surface area contributed by atoms with Gasteiger partial charge in [0.2, 0.25) is 0 Å². The van der Waals surface area contributed by atoms with Gasteiger partial charge in [0, 0.05) is 17.0 Å². The molecule has 2 aromatic heterocycles. The number of nitrogens with one attached hydrogen (secondary N) is 1. The van der Waals surface area contributed by atoms with E-state index in [4.69, 9.17) is 25.8 Å². The molecule has 0 aliphatic carbocycles.